The average molecular weight is 219 g/mol. The maximum absolute atomic E-state index is 13.5. The molecular weight excluding hydrogens is 209 g/mol. The van der Waals surface area contributed by atoms with Gasteiger partial charge in [0.1, 0.15) is 5.82 Å². The van der Waals surface area contributed by atoms with Crippen LogP contribution in [0, 0.1) is 5.82 Å². The summed E-state index contributed by atoms with van der Waals surface area (Å²) in [6.45, 7) is 0.335. The van der Waals surface area contributed by atoms with E-state index in [1.807, 2.05) is 0 Å². The van der Waals surface area contributed by atoms with E-state index >= 15 is 0 Å². The third kappa shape index (κ3) is 3.22. The summed E-state index contributed by atoms with van der Waals surface area (Å²) in [4.78, 5) is 13.1. The molecular formula is C11H10FN3O. The quantitative estimate of drug-likeness (QED) is 0.246. The number of carbonyl (C=O) groups is 1. The highest BCUT2D eigenvalue weighted by molar-refractivity contribution is 5.76. The van der Waals surface area contributed by atoms with E-state index in [1.54, 1.807) is 24.3 Å². The lowest BCUT2D eigenvalue weighted by atomic mass is 10.1. The Balaban J connectivity index is 2.73. The minimum absolute atomic E-state index is 0.0391. The predicted molar refractivity (Wildman–Crippen MR) is 59.5 cm³/mol. The van der Waals surface area contributed by atoms with Gasteiger partial charge in [-0.2, -0.15) is 0 Å². The van der Waals surface area contributed by atoms with Crippen molar-refractivity contribution in [1.29, 1.82) is 0 Å². The van der Waals surface area contributed by atoms with Crippen LogP contribution in [0.25, 0.3) is 16.5 Å². The van der Waals surface area contributed by atoms with Crippen molar-refractivity contribution in [1.82, 2.24) is 0 Å². The van der Waals surface area contributed by atoms with Gasteiger partial charge in [0.15, 0.2) is 6.29 Å². The first-order valence-corrected chi connectivity index (χ1v) is 4.70. The number of hydrogen-bond donors (Lipinski definition) is 0. The van der Waals surface area contributed by atoms with Crippen LogP contribution in [0.2, 0.25) is 0 Å². The molecule has 0 aliphatic rings. The van der Waals surface area contributed by atoms with Crippen LogP contribution in [0.5, 0.6) is 0 Å². The number of benzene rings is 1. The number of nitrogens with zero attached hydrogens (tertiary/aromatic N) is 3. The van der Waals surface area contributed by atoms with E-state index in [-0.39, 0.29) is 5.56 Å². The minimum atomic E-state index is -0.530. The molecule has 0 aromatic heterocycles. The Morgan fingerprint density at radius 2 is 2.19 bits per heavy atom. The molecule has 0 saturated carbocycles. The van der Waals surface area contributed by atoms with Crippen LogP contribution < -0.4 is 0 Å². The van der Waals surface area contributed by atoms with Crippen molar-refractivity contribution in [2.24, 2.45) is 5.11 Å². The van der Waals surface area contributed by atoms with Crippen LogP contribution in [0.1, 0.15) is 22.3 Å². The van der Waals surface area contributed by atoms with Gasteiger partial charge >= 0.3 is 0 Å². The molecule has 0 radical (unpaired) electrons. The molecule has 4 nitrogen and oxygen atoms in total. The number of rotatable bonds is 5. The molecule has 0 atom stereocenters. The lowest BCUT2D eigenvalue weighted by Crippen LogP contribution is -1.90. The number of aldehydes is 1. The van der Waals surface area contributed by atoms with Gasteiger partial charge < -0.3 is 0 Å². The maximum Gasteiger partial charge on any atom is 0.153 e. The Kier molecular flexibility index (Phi) is 4.76. The van der Waals surface area contributed by atoms with Gasteiger partial charge in [-0.1, -0.05) is 29.4 Å². The number of carbonyl (C=O) groups excluding carboxylic acids is 1. The lowest BCUT2D eigenvalue weighted by molar-refractivity contribution is 0.112. The smallest absolute Gasteiger partial charge is 0.153 e. The molecule has 0 spiro atoms. The lowest BCUT2D eigenvalue weighted by Gasteiger charge is -1.98. The molecule has 0 heterocycles. The van der Waals surface area contributed by atoms with E-state index in [0.29, 0.717) is 24.8 Å². The first-order chi connectivity index (χ1) is 7.79. The Labute approximate surface area is 92.0 Å². The van der Waals surface area contributed by atoms with Crippen molar-refractivity contribution in [3.8, 4) is 0 Å². The molecule has 0 N–H and O–H groups in total. The van der Waals surface area contributed by atoms with Crippen molar-refractivity contribution < 1.29 is 9.18 Å². The van der Waals surface area contributed by atoms with Gasteiger partial charge in [-0.25, -0.2) is 4.39 Å². The van der Waals surface area contributed by atoms with Crippen LogP contribution in [0.3, 0.4) is 0 Å². The largest absolute Gasteiger partial charge is 0.298 e. The Bertz CT molecular complexity index is 451. The van der Waals surface area contributed by atoms with Crippen LogP contribution >= 0.6 is 0 Å². The molecule has 0 saturated heterocycles. The third-order valence-corrected chi connectivity index (χ3v) is 1.94. The van der Waals surface area contributed by atoms with Crippen molar-refractivity contribution in [3.05, 3.63) is 51.7 Å². The van der Waals surface area contributed by atoms with Gasteiger partial charge in [0.25, 0.3) is 0 Å². The number of azide groups is 1. The highest BCUT2D eigenvalue weighted by Gasteiger charge is 2.03. The molecule has 0 bridgehead atoms. The summed E-state index contributed by atoms with van der Waals surface area (Å²) in [5.74, 6) is -0.530. The van der Waals surface area contributed by atoms with E-state index in [4.69, 9.17) is 5.53 Å². The van der Waals surface area contributed by atoms with Gasteiger partial charge in [-0.3, -0.25) is 4.79 Å². The second kappa shape index (κ2) is 6.37. The van der Waals surface area contributed by atoms with Gasteiger partial charge in [0, 0.05) is 17.0 Å². The predicted octanol–water partition coefficient (Wildman–Crippen LogP) is 3.35. The van der Waals surface area contributed by atoms with Crippen molar-refractivity contribution in [2.75, 3.05) is 6.54 Å². The maximum atomic E-state index is 13.5. The Morgan fingerprint density at radius 1 is 1.44 bits per heavy atom. The Hall–Kier alpha value is -2.13. The van der Waals surface area contributed by atoms with E-state index < -0.39 is 5.82 Å². The first-order valence-electron chi connectivity index (χ1n) is 4.70. The summed E-state index contributed by atoms with van der Waals surface area (Å²) >= 11 is 0. The number of hydrogen-bond acceptors (Lipinski definition) is 2. The molecule has 1 aromatic carbocycles. The summed E-state index contributed by atoms with van der Waals surface area (Å²) in [5, 5.41) is 3.34. The summed E-state index contributed by atoms with van der Waals surface area (Å²) in [7, 11) is 0. The van der Waals surface area contributed by atoms with E-state index in [2.05, 4.69) is 10.0 Å². The van der Waals surface area contributed by atoms with E-state index in [9.17, 15) is 9.18 Å². The molecule has 1 aromatic rings. The first kappa shape index (κ1) is 11.9. The zero-order chi connectivity index (χ0) is 11.8. The minimum Gasteiger partial charge on any atom is -0.298 e. The monoisotopic (exact) mass is 219 g/mol. The third-order valence-electron chi connectivity index (χ3n) is 1.94. The molecule has 0 unspecified atom stereocenters. The molecule has 5 heteroatoms. The number of halogens is 1. The molecule has 0 aliphatic heterocycles. The fraction of sp³-hybridized carbons (Fsp3) is 0.182. The van der Waals surface area contributed by atoms with Crippen molar-refractivity contribution in [2.45, 2.75) is 6.42 Å². The van der Waals surface area contributed by atoms with E-state index in [1.165, 1.54) is 6.07 Å². The average Bonchev–Trinajstić information content (AvgIpc) is 2.31. The Morgan fingerprint density at radius 3 is 2.88 bits per heavy atom. The zero-order valence-electron chi connectivity index (χ0n) is 8.51. The standard InChI is InChI=1S/C11H10FN3O/c12-11-9(4-1-2-7-14-15-13)5-3-6-10(11)8-16/h1,3-6,8H,2,7H2. The second-order valence-electron chi connectivity index (χ2n) is 3.01. The van der Waals surface area contributed by atoms with Gasteiger partial charge in [-0.05, 0) is 18.0 Å². The van der Waals surface area contributed by atoms with Gasteiger partial charge in [-0.15, -0.1) is 0 Å². The van der Waals surface area contributed by atoms with Gasteiger partial charge in [0.05, 0.1) is 5.56 Å². The summed E-state index contributed by atoms with van der Waals surface area (Å²) < 4.78 is 13.5. The molecule has 1 rings (SSSR count). The zero-order valence-corrected chi connectivity index (χ0v) is 8.51. The highest BCUT2D eigenvalue weighted by Crippen LogP contribution is 2.13. The highest BCUT2D eigenvalue weighted by atomic mass is 19.1. The molecule has 0 aliphatic carbocycles. The molecule has 16 heavy (non-hydrogen) atoms. The van der Waals surface area contributed by atoms with Crippen LogP contribution in [0.15, 0.2) is 29.4 Å². The van der Waals surface area contributed by atoms with Crippen LogP contribution in [-0.4, -0.2) is 12.8 Å². The fourth-order valence-electron chi connectivity index (χ4n) is 1.18. The van der Waals surface area contributed by atoms with Crippen molar-refractivity contribution >= 4 is 12.4 Å². The molecule has 0 amide bonds. The summed E-state index contributed by atoms with van der Waals surface area (Å²) in [6.07, 6.45) is 4.28. The SMILES string of the molecule is [N-]=[N+]=NCCC=Cc1cccc(C=O)c1F. The molecule has 0 fully saturated rings. The molecule has 82 valence electrons. The van der Waals surface area contributed by atoms with Crippen LogP contribution in [-0.2, 0) is 0 Å². The van der Waals surface area contributed by atoms with Crippen LogP contribution in [0.4, 0.5) is 4.39 Å². The van der Waals surface area contributed by atoms with E-state index in [0.717, 1.165) is 0 Å². The summed E-state index contributed by atoms with van der Waals surface area (Å²) in [6, 6.07) is 4.60. The fourth-order valence-corrected chi connectivity index (χ4v) is 1.18. The summed E-state index contributed by atoms with van der Waals surface area (Å²) in [5.41, 5.74) is 8.42. The van der Waals surface area contributed by atoms with Gasteiger partial charge in [0.2, 0.25) is 0 Å². The van der Waals surface area contributed by atoms with Crippen molar-refractivity contribution in [3.63, 3.8) is 0 Å². The normalized spacial score (nSPS) is 10.1. The topological polar surface area (TPSA) is 65.8 Å². The second-order valence-corrected chi connectivity index (χ2v) is 3.01.